The molecule has 3 aromatic rings. The number of carbonyl (C=O) groups excluding carboxylic acids is 2. The monoisotopic (exact) mass is 617 g/mol. The normalized spacial score (nSPS) is 12.5. The standard InChI is InChI=1S/C31H37Cl2N3O4S/c1-20-14-16-24(17-15-20)41(39,40)36(28-13-8-10-21(2)22(28)3)19-29(37)35(23(4)30(38)34-31(5,6)7)18-25-26(32)11-9-12-27(25)33/h8-17,23H,18-19H2,1-7H3,(H,34,38)/t23-/m0/s1. The minimum atomic E-state index is -4.17. The van der Waals surface area contributed by atoms with Gasteiger partial charge in [-0.05, 0) is 89.9 Å². The number of sulfonamides is 1. The first-order chi connectivity index (χ1) is 19.0. The summed E-state index contributed by atoms with van der Waals surface area (Å²) in [4.78, 5) is 28.8. The molecule has 0 fully saturated rings. The highest BCUT2D eigenvalue weighted by Crippen LogP contribution is 2.30. The lowest BCUT2D eigenvalue weighted by atomic mass is 10.1. The van der Waals surface area contributed by atoms with E-state index in [0.29, 0.717) is 21.3 Å². The Bertz CT molecular complexity index is 1510. The molecule has 0 aliphatic heterocycles. The molecule has 0 aromatic heterocycles. The Morgan fingerprint density at radius 2 is 1.46 bits per heavy atom. The third-order valence-corrected chi connectivity index (χ3v) is 9.27. The molecule has 2 amide bonds. The third-order valence-electron chi connectivity index (χ3n) is 6.79. The van der Waals surface area contributed by atoms with Crippen molar-refractivity contribution >= 4 is 50.7 Å². The number of benzene rings is 3. The van der Waals surface area contributed by atoms with Gasteiger partial charge in [0.05, 0.1) is 10.6 Å². The van der Waals surface area contributed by atoms with Gasteiger partial charge in [-0.1, -0.05) is 59.1 Å². The molecule has 0 unspecified atom stereocenters. The van der Waals surface area contributed by atoms with Crippen molar-refractivity contribution in [1.82, 2.24) is 10.2 Å². The van der Waals surface area contributed by atoms with Gasteiger partial charge in [0.25, 0.3) is 10.0 Å². The summed E-state index contributed by atoms with van der Waals surface area (Å²) >= 11 is 12.9. The van der Waals surface area contributed by atoms with Crippen LogP contribution < -0.4 is 9.62 Å². The van der Waals surface area contributed by atoms with Crippen molar-refractivity contribution in [3.05, 3.63) is 93.0 Å². The number of nitrogens with zero attached hydrogens (tertiary/aromatic N) is 2. The van der Waals surface area contributed by atoms with Crippen molar-refractivity contribution in [2.75, 3.05) is 10.8 Å². The molecule has 41 heavy (non-hydrogen) atoms. The predicted octanol–water partition coefficient (Wildman–Crippen LogP) is 6.45. The molecule has 0 aliphatic carbocycles. The summed E-state index contributed by atoms with van der Waals surface area (Å²) in [5, 5.41) is 3.56. The molecule has 0 aliphatic rings. The molecule has 7 nitrogen and oxygen atoms in total. The number of hydrogen-bond acceptors (Lipinski definition) is 4. The van der Waals surface area contributed by atoms with Gasteiger partial charge in [-0.25, -0.2) is 8.42 Å². The first-order valence-corrected chi connectivity index (χ1v) is 15.4. The number of rotatable bonds is 9. The number of anilines is 1. The van der Waals surface area contributed by atoms with Crippen LogP contribution in [0.15, 0.2) is 65.6 Å². The van der Waals surface area contributed by atoms with Gasteiger partial charge in [0.15, 0.2) is 0 Å². The zero-order chi connectivity index (χ0) is 30.7. The maximum Gasteiger partial charge on any atom is 0.264 e. The van der Waals surface area contributed by atoms with E-state index in [4.69, 9.17) is 23.2 Å². The first-order valence-electron chi connectivity index (χ1n) is 13.2. The minimum absolute atomic E-state index is 0.0519. The fourth-order valence-corrected chi connectivity index (χ4v) is 6.26. The Morgan fingerprint density at radius 1 is 0.902 bits per heavy atom. The van der Waals surface area contributed by atoms with E-state index in [9.17, 15) is 18.0 Å². The molecule has 1 N–H and O–H groups in total. The summed E-state index contributed by atoms with van der Waals surface area (Å²) in [7, 11) is -4.17. The van der Waals surface area contributed by atoms with Crippen LogP contribution in [0, 0.1) is 20.8 Å². The number of halogens is 2. The van der Waals surface area contributed by atoms with Gasteiger partial charge in [0.1, 0.15) is 12.6 Å². The number of hydrogen-bond donors (Lipinski definition) is 1. The highest BCUT2D eigenvalue weighted by molar-refractivity contribution is 7.92. The summed E-state index contributed by atoms with van der Waals surface area (Å²) in [5.41, 5.74) is 2.77. The van der Waals surface area contributed by atoms with E-state index in [0.717, 1.165) is 21.0 Å². The smallest absolute Gasteiger partial charge is 0.264 e. The third kappa shape index (κ3) is 7.82. The van der Waals surface area contributed by atoms with E-state index in [1.807, 2.05) is 47.6 Å². The molecule has 0 saturated carbocycles. The Balaban J connectivity index is 2.12. The Labute approximate surface area is 253 Å². The van der Waals surface area contributed by atoms with Gasteiger partial charge in [0.2, 0.25) is 11.8 Å². The molecule has 0 bridgehead atoms. The average molecular weight is 619 g/mol. The lowest BCUT2D eigenvalue weighted by Crippen LogP contribution is -2.54. The summed E-state index contributed by atoms with van der Waals surface area (Å²) in [5.74, 6) is -0.983. The zero-order valence-corrected chi connectivity index (χ0v) is 26.8. The second kappa shape index (κ2) is 12.8. The molecule has 0 spiro atoms. The summed E-state index contributed by atoms with van der Waals surface area (Å²) in [6.07, 6.45) is 0. The van der Waals surface area contributed by atoms with Crippen LogP contribution >= 0.6 is 23.2 Å². The molecule has 10 heteroatoms. The molecule has 1 atom stereocenters. The maximum atomic E-state index is 14.1. The molecule has 0 heterocycles. The van der Waals surface area contributed by atoms with E-state index in [2.05, 4.69) is 5.32 Å². The number of nitrogens with one attached hydrogen (secondary N) is 1. The summed E-state index contributed by atoms with van der Waals surface area (Å²) < 4.78 is 29.2. The van der Waals surface area contributed by atoms with Crippen LogP contribution in [0.1, 0.15) is 49.9 Å². The van der Waals surface area contributed by atoms with Gasteiger partial charge in [0, 0.05) is 27.7 Å². The Hall–Kier alpha value is -3.07. The number of carbonyl (C=O) groups is 2. The maximum absolute atomic E-state index is 14.1. The first kappa shape index (κ1) is 32.4. The van der Waals surface area contributed by atoms with Gasteiger partial charge >= 0.3 is 0 Å². The van der Waals surface area contributed by atoms with Gasteiger partial charge in [-0.15, -0.1) is 0 Å². The second-order valence-corrected chi connectivity index (χ2v) is 13.9. The second-order valence-electron chi connectivity index (χ2n) is 11.2. The minimum Gasteiger partial charge on any atom is -0.350 e. The fraction of sp³-hybridized carbons (Fsp3) is 0.355. The van der Waals surface area contributed by atoms with Crippen LogP contribution in [-0.2, 0) is 26.2 Å². The lowest BCUT2D eigenvalue weighted by molar-refractivity contribution is -0.140. The lowest BCUT2D eigenvalue weighted by Gasteiger charge is -2.34. The summed E-state index contributed by atoms with van der Waals surface area (Å²) in [6.45, 7) is 12.0. The van der Waals surface area contributed by atoms with Gasteiger partial charge < -0.3 is 10.2 Å². The van der Waals surface area contributed by atoms with Crippen LogP contribution in [-0.4, -0.2) is 43.3 Å². The number of amides is 2. The number of aryl methyl sites for hydroxylation is 2. The Kier molecular flexibility index (Phi) is 10.2. The SMILES string of the molecule is Cc1ccc(S(=O)(=O)N(CC(=O)N(Cc2c(Cl)cccc2Cl)[C@@H](C)C(=O)NC(C)(C)C)c2cccc(C)c2C)cc1. The zero-order valence-electron chi connectivity index (χ0n) is 24.5. The fourth-order valence-electron chi connectivity index (χ4n) is 4.27. The quantitative estimate of drug-likeness (QED) is 0.299. The van der Waals surface area contributed by atoms with Crippen molar-refractivity contribution in [1.29, 1.82) is 0 Å². The van der Waals surface area contributed by atoms with Crippen molar-refractivity contribution in [3.63, 3.8) is 0 Å². The van der Waals surface area contributed by atoms with E-state index in [1.165, 1.54) is 17.0 Å². The van der Waals surface area contributed by atoms with Crippen LogP contribution in [0.4, 0.5) is 5.69 Å². The van der Waals surface area contributed by atoms with E-state index in [-0.39, 0.29) is 11.4 Å². The predicted molar refractivity (Wildman–Crippen MR) is 166 cm³/mol. The van der Waals surface area contributed by atoms with Crippen molar-refractivity contribution in [3.8, 4) is 0 Å². The average Bonchev–Trinajstić information content (AvgIpc) is 2.87. The highest BCUT2D eigenvalue weighted by Gasteiger charge is 2.34. The molecular weight excluding hydrogens is 581 g/mol. The summed E-state index contributed by atoms with van der Waals surface area (Å²) in [6, 6.07) is 15.8. The topological polar surface area (TPSA) is 86.8 Å². The van der Waals surface area contributed by atoms with E-state index < -0.39 is 40.0 Å². The molecule has 3 aromatic carbocycles. The largest absolute Gasteiger partial charge is 0.350 e. The molecule has 0 saturated heterocycles. The molecule has 0 radical (unpaired) electrons. The van der Waals surface area contributed by atoms with Gasteiger partial charge in [-0.3, -0.25) is 13.9 Å². The highest BCUT2D eigenvalue weighted by atomic mass is 35.5. The van der Waals surface area contributed by atoms with Gasteiger partial charge in [-0.2, -0.15) is 0 Å². The van der Waals surface area contributed by atoms with Crippen molar-refractivity contribution in [2.24, 2.45) is 0 Å². The van der Waals surface area contributed by atoms with Crippen LogP contribution in [0.25, 0.3) is 0 Å². The van der Waals surface area contributed by atoms with Crippen LogP contribution in [0.5, 0.6) is 0 Å². The van der Waals surface area contributed by atoms with Crippen LogP contribution in [0.3, 0.4) is 0 Å². The van der Waals surface area contributed by atoms with E-state index in [1.54, 1.807) is 49.4 Å². The molecular formula is C31H37Cl2N3O4S. The molecule has 3 rings (SSSR count). The van der Waals surface area contributed by atoms with Crippen molar-refractivity contribution in [2.45, 2.75) is 71.5 Å². The van der Waals surface area contributed by atoms with Crippen molar-refractivity contribution < 1.29 is 18.0 Å². The molecule has 220 valence electrons. The van der Waals surface area contributed by atoms with E-state index >= 15 is 0 Å². The van der Waals surface area contributed by atoms with Crippen LogP contribution in [0.2, 0.25) is 10.0 Å². The Morgan fingerprint density at radius 3 is 2.02 bits per heavy atom.